The van der Waals surface area contributed by atoms with Crippen LogP contribution in [0.1, 0.15) is 25.7 Å². The maximum atomic E-state index is 11.9. The number of nitrogens with zero attached hydrogens (tertiary/aromatic N) is 1. The molecule has 102 valence electrons. The van der Waals surface area contributed by atoms with Gasteiger partial charge in [0.1, 0.15) is 0 Å². The maximum Gasteiger partial charge on any atom is 0.279 e. The first-order valence-electron chi connectivity index (χ1n) is 5.94. The molecule has 0 radical (unpaired) electrons. The highest BCUT2D eigenvalue weighted by molar-refractivity contribution is 7.87. The van der Waals surface area contributed by atoms with Crippen LogP contribution in [0.4, 0.5) is 0 Å². The summed E-state index contributed by atoms with van der Waals surface area (Å²) in [6, 6.07) is 0. The molecule has 0 aromatic rings. The van der Waals surface area contributed by atoms with Crippen LogP contribution in [0.25, 0.3) is 0 Å². The lowest BCUT2D eigenvalue weighted by molar-refractivity contribution is 0.195. The van der Waals surface area contributed by atoms with Crippen molar-refractivity contribution in [2.24, 2.45) is 0 Å². The molecular weight excluding hydrogens is 264 g/mol. The number of alkyl halides is 1. The first-order chi connectivity index (χ1) is 8.06. The molecule has 1 fully saturated rings. The van der Waals surface area contributed by atoms with E-state index in [1.807, 2.05) is 0 Å². The number of ether oxygens (including phenoxy) is 1. The van der Waals surface area contributed by atoms with E-state index in [2.05, 4.69) is 4.72 Å². The van der Waals surface area contributed by atoms with E-state index in [1.54, 1.807) is 7.11 Å². The maximum absolute atomic E-state index is 11.9. The molecule has 1 saturated heterocycles. The molecule has 1 unspecified atom stereocenters. The van der Waals surface area contributed by atoms with Crippen LogP contribution in [0.3, 0.4) is 0 Å². The Morgan fingerprint density at radius 3 is 2.59 bits per heavy atom. The summed E-state index contributed by atoms with van der Waals surface area (Å²) in [6.07, 6.45) is 3.58. The predicted octanol–water partition coefficient (Wildman–Crippen LogP) is 0.951. The highest BCUT2D eigenvalue weighted by Crippen LogP contribution is 2.12. The Morgan fingerprint density at radius 1 is 1.35 bits per heavy atom. The molecule has 1 N–H and O–H groups in total. The van der Waals surface area contributed by atoms with Crippen molar-refractivity contribution in [2.75, 3.05) is 33.4 Å². The van der Waals surface area contributed by atoms with Gasteiger partial charge in [-0.3, -0.25) is 0 Å². The summed E-state index contributed by atoms with van der Waals surface area (Å²) in [5, 5.41) is -0.149. The Balaban J connectivity index is 2.29. The van der Waals surface area contributed by atoms with E-state index in [-0.39, 0.29) is 5.38 Å². The highest BCUT2D eigenvalue weighted by atomic mass is 35.5. The van der Waals surface area contributed by atoms with E-state index in [9.17, 15) is 8.42 Å². The van der Waals surface area contributed by atoms with Gasteiger partial charge in [0, 0.05) is 26.7 Å². The van der Waals surface area contributed by atoms with Crippen molar-refractivity contribution in [2.45, 2.75) is 31.1 Å². The lowest BCUT2D eigenvalue weighted by Gasteiger charge is -2.26. The molecule has 0 aromatic heterocycles. The standard InChI is InChI=1S/C10H21ClN2O3S/c1-16-9-10(11)5-6-12-17(14,15)13-7-3-2-4-8-13/h10,12H,2-9H2,1H3. The van der Waals surface area contributed by atoms with Crippen molar-refractivity contribution >= 4 is 21.8 Å². The summed E-state index contributed by atoms with van der Waals surface area (Å²) < 4.78 is 32.7. The molecule has 0 aliphatic carbocycles. The second-order valence-electron chi connectivity index (χ2n) is 4.20. The van der Waals surface area contributed by atoms with E-state index in [4.69, 9.17) is 16.3 Å². The van der Waals surface area contributed by atoms with Gasteiger partial charge in [-0.15, -0.1) is 11.6 Å². The van der Waals surface area contributed by atoms with Crippen molar-refractivity contribution in [1.82, 2.24) is 9.03 Å². The van der Waals surface area contributed by atoms with Gasteiger partial charge in [0.05, 0.1) is 12.0 Å². The molecule has 1 rings (SSSR count). The second kappa shape index (κ2) is 7.53. The van der Waals surface area contributed by atoms with E-state index in [0.29, 0.717) is 32.7 Å². The molecule has 0 bridgehead atoms. The fourth-order valence-electron chi connectivity index (χ4n) is 1.81. The van der Waals surface area contributed by atoms with Crippen LogP contribution in [0.2, 0.25) is 0 Å². The summed E-state index contributed by atoms with van der Waals surface area (Å²) in [5.41, 5.74) is 0. The average Bonchev–Trinajstić information content (AvgIpc) is 2.30. The lowest BCUT2D eigenvalue weighted by atomic mass is 10.2. The minimum Gasteiger partial charge on any atom is -0.383 e. The number of hydrogen-bond acceptors (Lipinski definition) is 3. The van der Waals surface area contributed by atoms with Gasteiger partial charge in [0.25, 0.3) is 10.2 Å². The molecule has 0 spiro atoms. The highest BCUT2D eigenvalue weighted by Gasteiger charge is 2.23. The molecule has 1 aliphatic heterocycles. The van der Waals surface area contributed by atoms with E-state index < -0.39 is 10.2 Å². The van der Waals surface area contributed by atoms with Crippen LogP contribution < -0.4 is 4.72 Å². The molecule has 0 amide bonds. The monoisotopic (exact) mass is 284 g/mol. The summed E-state index contributed by atoms with van der Waals surface area (Å²) in [5.74, 6) is 0. The van der Waals surface area contributed by atoms with Crippen LogP contribution in [0.5, 0.6) is 0 Å². The Labute approximate surface area is 109 Å². The Bertz CT molecular complexity index is 305. The van der Waals surface area contributed by atoms with Gasteiger partial charge in [0.2, 0.25) is 0 Å². The van der Waals surface area contributed by atoms with Crippen molar-refractivity contribution < 1.29 is 13.2 Å². The lowest BCUT2D eigenvalue weighted by Crippen LogP contribution is -2.44. The molecule has 7 heteroatoms. The minimum absolute atomic E-state index is 0.149. The van der Waals surface area contributed by atoms with Gasteiger partial charge in [-0.05, 0) is 19.3 Å². The molecular formula is C10H21ClN2O3S. The van der Waals surface area contributed by atoms with Gasteiger partial charge in [0.15, 0.2) is 0 Å². The van der Waals surface area contributed by atoms with Crippen molar-refractivity contribution in [1.29, 1.82) is 0 Å². The zero-order valence-electron chi connectivity index (χ0n) is 10.2. The van der Waals surface area contributed by atoms with Gasteiger partial charge >= 0.3 is 0 Å². The van der Waals surface area contributed by atoms with Crippen molar-refractivity contribution in [3.63, 3.8) is 0 Å². The Morgan fingerprint density at radius 2 is 2.00 bits per heavy atom. The van der Waals surface area contributed by atoms with Gasteiger partial charge in [-0.2, -0.15) is 12.7 Å². The zero-order chi connectivity index (χ0) is 12.7. The Hall–Kier alpha value is 0.120. The molecule has 1 heterocycles. The number of halogens is 1. The second-order valence-corrected chi connectivity index (χ2v) is 6.57. The van der Waals surface area contributed by atoms with Crippen molar-refractivity contribution in [3.05, 3.63) is 0 Å². The molecule has 0 saturated carbocycles. The molecule has 0 aromatic carbocycles. The van der Waals surface area contributed by atoms with Crippen molar-refractivity contribution in [3.8, 4) is 0 Å². The SMILES string of the molecule is COCC(Cl)CCNS(=O)(=O)N1CCCCC1. The summed E-state index contributed by atoms with van der Waals surface area (Å²) in [6.45, 7) is 2.04. The average molecular weight is 285 g/mol. The fourth-order valence-corrected chi connectivity index (χ4v) is 3.34. The molecule has 5 nitrogen and oxygen atoms in total. The predicted molar refractivity (Wildman–Crippen MR) is 68.5 cm³/mol. The van der Waals surface area contributed by atoms with E-state index >= 15 is 0 Å². The Kier molecular flexibility index (Phi) is 6.72. The smallest absolute Gasteiger partial charge is 0.279 e. The number of nitrogens with one attached hydrogen (secondary N) is 1. The van der Waals surface area contributed by atoms with Crippen LogP contribution in [0.15, 0.2) is 0 Å². The van der Waals surface area contributed by atoms with Crippen LogP contribution in [-0.2, 0) is 14.9 Å². The molecule has 1 aliphatic rings. The van der Waals surface area contributed by atoms with Gasteiger partial charge in [-0.1, -0.05) is 6.42 Å². The first kappa shape index (κ1) is 15.2. The topological polar surface area (TPSA) is 58.6 Å². The summed E-state index contributed by atoms with van der Waals surface area (Å²) >= 11 is 5.92. The fraction of sp³-hybridized carbons (Fsp3) is 1.00. The number of methoxy groups -OCH3 is 1. The van der Waals surface area contributed by atoms with E-state index in [0.717, 1.165) is 19.3 Å². The molecule has 1 atom stereocenters. The summed E-state index contributed by atoms with van der Waals surface area (Å²) in [7, 11) is -1.73. The number of hydrogen-bond donors (Lipinski definition) is 1. The van der Waals surface area contributed by atoms with Gasteiger partial charge in [-0.25, -0.2) is 4.72 Å². The van der Waals surface area contributed by atoms with Crippen LogP contribution >= 0.6 is 11.6 Å². The quantitative estimate of drug-likeness (QED) is 0.708. The van der Waals surface area contributed by atoms with Gasteiger partial charge < -0.3 is 4.74 Å². The largest absolute Gasteiger partial charge is 0.383 e. The summed E-state index contributed by atoms with van der Waals surface area (Å²) in [4.78, 5) is 0. The first-order valence-corrected chi connectivity index (χ1v) is 7.81. The number of piperidine rings is 1. The third-order valence-corrected chi connectivity index (χ3v) is 4.70. The van der Waals surface area contributed by atoms with Crippen LogP contribution in [-0.4, -0.2) is 51.5 Å². The zero-order valence-corrected chi connectivity index (χ0v) is 11.8. The molecule has 17 heavy (non-hydrogen) atoms. The third kappa shape index (κ3) is 5.52. The number of rotatable bonds is 7. The third-order valence-electron chi connectivity index (χ3n) is 2.74. The minimum atomic E-state index is -3.31. The van der Waals surface area contributed by atoms with Crippen LogP contribution in [0, 0.1) is 0 Å². The normalized spacial score (nSPS) is 20.4. The van der Waals surface area contributed by atoms with E-state index in [1.165, 1.54) is 4.31 Å².